The molecule has 0 heterocycles. The van der Waals surface area contributed by atoms with Crippen LogP contribution in [0.4, 0.5) is 0 Å². The zero-order chi connectivity index (χ0) is 13.6. The van der Waals surface area contributed by atoms with Crippen molar-refractivity contribution >= 4 is 5.78 Å². The van der Waals surface area contributed by atoms with Gasteiger partial charge in [0.15, 0.2) is 5.78 Å². The van der Waals surface area contributed by atoms with Gasteiger partial charge in [0.25, 0.3) is 0 Å². The molecule has 0 bridgehead atoms. The highest BCUT2D eigenvalue weighted by atomic mass is 16.5. The molecule has 0 aromatic heterocycles. The molecular formula is C16H30O2. The molecule has 0 aliphatic heterocycles. The van der Waals surface area contributed by atoms with Gasteiger partial charge in [-0.15, -0.1) is 0 Å². The summed E-state index contributed by atoms with van der Waals surface area (Å²) in [5, 5.41) is 0. The lowest BCUT2D eigenvalue weighted by atomic mass is 9.81. The number of Topliss-reactive ketones (excluding diaryl/α,β-unsaturated/α-hetero) is 1. The first-order chi connectivity index (χ1) is 8.60. The van der Waals surface area contributed by atoms with Gasteiger partial charge in [-0.3, -0.25) is 4.79 Å². The maximum absolute atomic E-state index is 12.6. The first-order valence-corrected chi connectivity index (χ1v) is 7.69. The van der Waals surface area contributed by atoms with Crippen LogP contribution in [0.25, 0.3) is 0 Å². The maximum Gasteiger partial charge on any atom is 0.165 e. The summed E-state index contributed by atoms with van der Waals surface area (Å²) in [5.74, 6) is 1.30. The largest absolute Gasteiger partial charge is 0.370 e. The molecule has 0 radical (unpaired) electrons. The number of carbonyl (C=O) groups is 1. The Hall–Kier alpha value is -0.370. The maximum atomic E-state index is 12.6. The Morgan fingerprint density at radius 1 is 1.44 bits per heavy atom. The summed E-state index contributed by atoms with van der Waals surface area (Å²) in [7, 11) is 1.71. The summed E-state index contributed by atoms with van der Waals surface area (Å²) >= 11 is 0. The Bertz CT molecular complexity index is 262. The van der Waals surface area contributed by atoms with Crippen molar-refractivity contribution < 1.29 is 9.53 Å². The second-order valence-corrected chi connectivity index (χ2v) is 5.93. The molecular weight excluding hydrogens is 224 g/mol. The highest BCUT2D eigenvalue weighted by Gasteiger charge is 2.46. The lowest BCUT2D eigenvalue weighted by Gasteiger charge is -2.32. The minimum Gasteiger partial charge on any atom is -0.370 e. The van der Waals surface area contributed by atoms with Crippen molar-refractivity contribution in [3.05, 3.63) is 0 Å². The van der Waals surface area contributed by atoms with Crippen LogP contribution in [-0.4, -0.2) is 18.5 Å². The molecule has 1 rings (SSSR count). The van der Waals surface area contributed by atoms with E-state index in [1.807, 2.05) is 0 Å². The second-order valence-electron chi connectivity index (χ2n) is 5.93. The smallest absolute Gasteiger partial charge is 0.165 e. The molecule has 2 heteroatoms. The van der Waals surface area contributed by atoms with Gasteiger partial charge in [-0.05, 0) is 31.1 Å². The van der Waals surface area contributed by atoms with E-state index in [0.717, 1.165) is 25.7 Å². The predicted octanol–water partition coefficient (Wildman–Crippen LogP) is 4.37. The molecule has 1 aliphatic rings. The SMILES string of the molecule is CCCCC(CC)CC(=O)C1(OC)CCCC1C. The van der Waals surface area contributed by atoms with E-state index in [0.29, 0.717) is 24.0 Å². The third-order valence-electron chi connectivity index (χ3n) is 4.83. The zero-order valence-corrected chi connectivity index (χ0v) is 12.6. The van der Waals surface area contributed by atoms with Crippen molar-refractivity contribution in [1.82, 2.24) is 0 Å². The van der Waals surface area contributed by atoms with Crippen LogP contribution in [0.5, 0.6) is 0 Å². The number of hydrogen-bond donors (Lipinski definition) is 0. The van der Waals surface area contributed by atoms with Gasteiger partial charge in [0, 0.05) is 13.5 Å². The van der Waals surface area contributed by atoms with Crippen molar-refractivity contribution in [2.45, 2.75) is 77.7 Å². The van der Waals surface area contributed by atoms with Crippen LogP contribution in [0.3, 0.4) is 0 Å². The van der Waals surface area contributed by atoms with Crippen molar-refractivity contribution in [3.8, 4) is 0 Å². The second kappa shape index (κ2) is 7.28. The quantitative estimate of drug-likeness (QED) is 0.643. The summed E-state index contributed by atoms with van der Waals surface area (Å²) in [6.07, 6.45) is 8.66. The summed E-state index contributed by atoms with van der Waals surface area (Å²) in [5.41, 5.74) is -0.459. The van der Waals surface area contributed by atoms with Crippen LogP contribution in [0, 0.1) is 11.8 Å². The molecule has 2 nitrogen and oxygen atoms in total. The normalized spacial score (nSPS) is 29.4. The number of methoxy groups -OCH3 is 1. The Morgan fingerprint density at radius 2 is 2.17 bits per heavy atom. The first-order valence-electron chi connectivity index (χ1n) is 7.69. The molecule has 0 N–H and O–H groups in total. The van der Waals surface area contributed by atoms with E-state index in [2.05, 4.69) is 20.8 Å². The van der Waals surface area contributed by atoms with E-state index in [9.17, 15) is 4.79 Å². The van der Waals surface area contributed by atoms with E-state index in [1.165, 1.54) is 19.3 Å². The predicted molar refractivity (Wildman–Crippen MR) is 75.7 cm³/mol. The highest BCUT2D eigenvalue weighted by Crippen LogP contribution is 2.40. The average molecular weight is 254 g/mol. The molecule has 3 unspecified atom stereocenters. The number of rotatable bonds is 8. The zero-order valence-electron chi connectivity index (χ0n) is 12.6. The van der Waals surface area contributed by atoms with Gasteiger partial charge in [0.1, 0.15) is 5.60 Å². The summed E-state index contributed by atoms with van der Waals surface area (Å²) in [6.45, 7) is 6.58. The fourth-order valence-corrected chi connectivity index (χ4v) is 3.36. The van der Waals surface area contributed by atoms with Gasteiger partial charge in [0.05, 0.1) is 0 Å². The van der Waals surface area contributed by atoms with E-state index >= 15 is 0 Å². The molecule has 18 heavy (non-hydrogen) atoms. The van der Waals surface area contributed by atoms with Crippen LogP contribution < -0.4 is 0 Å². The van der Waals surface area contributed by atoms with Gasteiger partial charge in [-0.2, -0.15) is 0 Å². The van der Waals surface area contributed by atoms with Crippen LogP contribution in [0.1, 0.15) is 72.1 Å². The van der Waals surface area contributed by atoms with Crippen molar-refractivity contribution in [3.63, 3.8) is 0 Å². The van der Waals surface area contributed by atoms with Crippen molar-refractivity contribution in [2.75, 3.05) is 7.11 Å². The number of hydrogen-bond acceptors (Lipinski definition) is 2. The Kier molecular flexibility index (Phi) is 6.34. The number of unbranched alkanes of at least 4 members (excludes halogenated alkanes) is 1. The van der Waals surface area contributed by atoms with Crippen LogP contribution in [0.15, 0.2) is 0 Å². The molecule has 1 aliphatic carbocycles. The van der Waals surface area contributed by atoms with Crippen LogP contribution >= 0.6 is 0 Å². The molecule has 0 aromatic carbocycles. The average Bonchev–Trinajstić information content (AvgIpc) is 2.76. The fraction of sp³-hybridized carbons (Fsp3) is 0.938. The third-order valence-corrected chi connectivity index (χ3v) is 4.83. The number of ketones is 1. The summed E-state index contributed by atoms with van der Waals surface area (Å²) < 4.78 is 5.67. The van der Waals surface area contributed by atoms with E-state index in [4.69, 9.17) is 4.74 Å². The van der Waals surface area contributed by atoms with Gasteiger partial charge in [0.2, 0.25) is 0 Å². The molecule has 0 aromatic rings. The third kappa shape index (κ3) is 3.34. The molecule has 0 spiro atoms. The topological polar surface area (TPSA) is 26.3 Å². The van der Waals surface area contributed by atoms with E-state index < -0.39 is 5.60 Å². The molecule has 106 valence electrons. The molecule has 1 saturated carbocycles. The van der Waals surface area contributed by atoms with Crippen LogP contribution in [-0.2, 0) is 9.53 Å². The van der Waals surface area contributed by atoms with Crippen molar-refractivity contribution in [1.29, 1.82) is 0 Å². The molecule has 0 saturated heterocycles. The molecule has 3 atom stereocenters. The number of ether oxygens (including phenoxy) is 1. The summed E-state index contributed by atoms with van der Waals surface area (Å²) in [4.78, 5) is 12.6. The van der Waals surface area contributed by atoms with Crippen LogP contribution in [0.2, 0.25) is 0 Å². The summed E-state index contributed by atoms with van der Waals surface area (Å²) in [6, 6.07) is 0. The fourth-order valence-electron chi connectivity index (χ4n) is 3.36. The highest BCUT2D eigenvalue weighted by molar-refractivity contribution is 5.88. The Morgan fingerprint density at radius 3 is 2.61 bits per heavy atom. The minimum absolute atomic E-state index is 0.359. The van der Waals surface area contributed by atoms with E-state index in [1.54, 1.807) is 7.11 Å². The monoisotopic (exact) mass is 254 g/mol. The molecule has 0 amide bonds. The van der Waals surface area contributed by atoms with Gasteiger partial charge in [-0.1, -0.05) is 46.5 Å². The Labute approximate surface area is 112 Å². The Balaban J connectivity index is 2.61. The first kappa shape index (κ1) is 15.7. The standard InChI is InChI=1S/C16H30O2/c1-5-7-10-14(6-2)12-15(17)16(18-4)11-8-9-13(16)3/h13-14H,5-12H2,1-4H3. The lowest BCUT2D eigenvalue weighted by Crippen LogP contribution is -2.43. The van der Waals surface area contributed by atoms with Gasteiger partial charge < -0.3 is 4.74 Å². The molecule has 1 fully saturated rings. The van der Waals surface area contributed by atoms with Gasteiger partial charge >= 0.3 is 0 Å². The van der Waals surface area contributed by atoms with Crippen molar-refractivity contribution in [2.24, 2.45) is 11.8 Å². The lowest BCUT2D eigenvalue weighted by molar-refractivity contribution is -0.146. The minimum atomic E-state index is -0.459. The van der Waals surface area contributed by atoms with Gasteiger partial charge in [-0.25, -0.2) is 0 Å². The van der Waals surface area contributed by atoms with E-state index in [-0.39, 0.29) is 0 Å². The number of carbonyl (C=O) groups excluding carboxylic acids is 1.